The van der Waals surface area contributed by atoms with E-state index in [-0.39, 0.29) is 6.10 Å². The first-order valence-electron chi connectivity index (χ1n) is 10.5. The molecule has 8 nitrogen and oxygen atoms in total. The summed E-state index contributed by atoms with van der Waals surface area (Å²) >= 11 is 0. The van der Waals surface area contributed by atoms with E-state index in [1.54, 1.807) is 0 Å². The highest BCUT2D eigenvalue weighted by Crippen LogP contribution is 2.21. The van der Waals surface area contributed by atoms with Crippen molar-refractivity contribution in [1.82, 2.24) is 20.4 Å². The van der Waals surface area contributed by atoms with E-state index in [0.29, 0.717) is 19.7 Å². The summed E-state index contributed by atoms with van der Waals surface area (Å²) in [5.74, 6) is -1.12. The Bertz CT molecular complexity index is 637. The van der Waals surface area contributed by atoms with Gasteiger partial charge in [0.25, 0.3) is 0 Å². The van der Waals surface area contributed by atoms with Crippen LogP contribution < -0.4 is 10.6 Å². The number of carbonyl (C=O) groups is 2. The van der Waals surface area contributed by atoms with E-state index in [1.807, 2.05) is 18.2 Å². The van der Waals surface area contributed by atoms with E-state index < -0.39 is 11.8 Å². The fraction of sp³-hybridized carbons (Fsp3) is 0.619. The molecule has 0 aromatic heterocycles. The van der Waals surface area contributed by atoms with Gasteiger partial charge in [-0.2, -0.15) is 0 Å². The van der Waals surface area contributed by atoms with Gasteiger partial charge in [-0.3, -0.25) is 19.4 Å². The van der Waals surface area contributed by atoms with Crippen LogP contribution in [0.25, 0.3) is 0 Å². The second-order valence-corrected chi connectivity index (χ2v) is 7.39. The number of rotatable bonds is 8. The Morgan fingerprint density at radius 1 is 0.897 bits per heavy atom. The summed E-state index contributed by atoms with van der Waals surface area (Å²) in [4.78, 5) is 28.4. The van der Waals surface area contributed by atoms with E-state index in [2.05, 4.69) is 32.6 Å². The van der Waals surface area contributed by atoms with Crippen LogP contribution in [0, 0.1) is 0 Å². The Kier molecular flexibility index (Phi) is 8.88. The minimum absolute atomic E-state index is 0.0942. The van der Waals surface area contributed by atoms with Crippen LogP contribution in [0.2, 0.25) is 0 Å². The van der Waals surface area contributed by atoms with E-state index in [4.69, 9.17) is 9.47 Å². The van der Waals surface area contributed by atoms with Crippen LogP contribution in [0.4, 0.5) is 0 Å². The van der Waals surface area contributed by atoms with Crippen LogP contribution in [0.5, 0.6) is 0 Å². The zero-order valence-corrected chi connectivity index (χ0v) is 17.0. The molecular formula is C21H32N4O4. The highest BCUT2D eigenvalue weighted by atomic mass is 16.5. The molecule has 29 heavy (non-hydrogen) atoms. The lowest BCUT2D eigenvalue weighted by Crippen LogP contribution is -2.45. The maximum Gasteiger partial charge on any atom is 0.309 e. The molecule has 2 heterocycles. The smallest absolute Gasteiger partial charge is 0.309 e. The van der Waals surface area contributed by atoms with Crippen LogP contribution in [0.15, 0.2) is 30.3 Å². The Morgan fingerprint density at radius 3 is 2.34 bits per heavy atom. The van der Waals surface area contributed by atoms with Gasteiger partial charge in [-0.05, 0) is 12.0 Å². The minimum atomic E-state index is -0.561. The largest absolute Gasteiger partial charge is 0.379 e. The summed E-state index contributed by atoms with van der Waals surface area (Å²) in [6.07, 6.45) is 0.894. The van der Waals surface area contributed by atoms with Gasteiger partial charge in [-0.1, -0.05) is 30.3 Å². The SMILES string of the molecule is O=C(NCCCN1CCOC(c2ccccc2)C1)C(=O)NCCN1CCOCC1. The molecule has 2 fully saturated rings. The highest BCUT2D eigenvalue weighted by molar-refractivity contribution is 6.35. The average Bonchev–Trinajstić information content (AvgIpc) is 2.78. The number of nitrogens with one attached hydrogen (secondary N) is 2. The Morgan fingerprint density at radius 2 is 1.59 bits per heavy atom. The maximum atomic E-state index is 11.9. The van der Waals surface area contributed by atoms with Gasteiger partial charge in [-0.15, -0.1) is 0 Å². The third-order valence-electron chi connectivity index (χ3n) is 5.28. The molecule has 1 aromatic rings. The third kappa shape index (κ3) is 7.40. The summed E-state index contributed by atoms with van der Waals surface area (Å²) in [6, 6.07) is 10.2. The maximum absolute atomic E-state index is 11.9. The Labute approximate surface area is 172 Å². The van der Waals surface area contributed by atoms with Gasteiger partial charge in [0, 0.05) is 52.4 Å². The van der Waals surface area contributed by atoms with E-state index >= 15 is 0 Å². The zero-order valence-electron chi connectivity index (χ0n) is 17.0. The summed E-state index contributed by atoms with van der Waals surface area (Å²) in [6.45, 7) is 8.20. The molecule has 2 N–H and O–H groups in total. The van der Waals surface area contributed by atoms with E-state index in [0.717, 1.165) is 58.9 Å². The summed E-state index contributed by atoms with van der Waals surface area (Å²) in [5, 5.41) is 5.39. The van der Waals surface area contributed by atoms with Crippen molar-refractivity contribution in [3.05, 3.63) is 35.9 Å². The minimum Gasteiger partial charge on any atom is -0.379 e. The van der Waals surface area contributed by atoms with Crippen molar-refractivity contribution in [2.24, 2.45) is 0 Å². The quantitative estimate of drug-likeness (QED) is 0.469. The summed E-state index contributed by atoms with van der Waals surface area (Å²) in [5.41, 5.74) is 1.19. The molecule has 0 radical (unpaired) electrons. The van der Waals surface area contributed by atoms with Gasteiger partial charge in [0.05, 0.1) is 25.9 Å². The lowest BCUT2D eigenvalue weighted by molar-refractivity contribution is -0.139. The van der Waals surface area contributed by atoms with Gasteiger partial charge in [-0.25, -0.2) is 0 Å². The first-order chi connectivity index (χ1) is 14.2. The molecule has 160 valence electrons. The van der Waals surface area contributed by atoms with Gasteiger partial charge >= 0.3 is 11.8 Å². The standard InChI is InChI=1S/C21H32N4O4/c26-20(21(27)23-8-10-24-11-14-28-15-12-24)22-7-4-9-25-13-16-29-19(17-25)18-5-2-1-3-6-18/h1-3,5-6,19H,4,7-17H2,(H,22,26)(H,23,27). The second kappa shape index (κ2) is 11.9. The summed E-state index contributed by atoms with van der Waals surface area (Å²) in [7, 11) is 0. The first kappa shape index (κ1) is 21.7. The van der Waals surface area contributed by atoms with Crippen molar-refractivity contribution >= 4 is 11.8 Å². The Balaban J connectivity index is 1.26. The van der Waals surface area contributed by atoms with Crippen molar-refractivity contribution in [3.63, 3.8) is 0 Å². The lowest BCUT2D eigenvalue weighted by atomic mass is 10.1. The molecule has 0 saturated carbocycles. The van der Waals surface area contributed by atoms with E-state index in [1.165, 1.54) is 5.56 Å². The number of ether oxygens (including phenoxy) is 2. The number of amides is 2. The molecule has 0 aliphatic carbocycles. The zero-order chi connectivity index (χ0) is 20.3. The molecule has 2 aliphatic heterocycles. The van der Waals surface area contributed by atoms with Crippen LogP contribution in [0.1, 0.15) is 18.1 Å². The van der Waals surface area contributed by atoms with Crippen molar-refractivity contribution in [3.8, 4) is 0 Å². The van der Waals surface area contributed by atoms with Crippen molar-refractivity contribution in [2.75, 3.05) is 72.2 Å². The third-order valence-corrected chi connectivity index (χ3v) is 5.28. The monoisotopic (exact) mass is 404 g/mol. The average molecular weight is 405 g/mol. The first-order valence-corrected chi connectivity index (χ1v) is 10.5. The molecule has 1 unspecified atom stereocenters. The number of morpholine rings is 2. The van der Waals surface area contributed by atoms with Gasteiger partial charge < -0.3 is 20.1 Å². The van der Waals surface area contributed by atoms with Crippen LogP contribution >= 0.6 is 0 Å². The van der Waals surface area contributed by atoms with Crippen LogP contribution in [0.3, 0.4) is 0 Å². The number of nitrogens with zero attached hydrogens (tertiary/aromatic N) is 2. The fourth-order valence-corrected chi connectivity index (χ4v) is 3.59. The predicted octanol–water partition coefficient (Wildman–Crippen LogP) is 0.0146. The molecule has 1 atom stereocenters. The fourth-order valence-electron chi connectivity index (χ4n) is 3.59. The number of benzene rings is 1. The molecule has 2 saturated heterocycles. The second-order valence-electron chi connectivity index (χ2n) is 7.39. The van der Waals surface area contributed by atoms with Crippen LogP contribution in [-0.4, -0.2) is 93.8 Å². The van der Waals surface area contributed by atoms with Crippen LogP contribution in [-0.2, 0) is 19.1 Å². The molecule has 1 aromatic carbocycles. The molecular weight excluding hydrogens is 372 g/mol. The van der Waals surface area contributed by atoms with Crippen molar-refractivity contribution in [1.29, 1.82) is 0 Å². The van der Waals surface area contributed by atoms with Gasteiger partial charge in [0.2, 0.25) is 0 Å². The molecule has 2 aliphatic rings. The molecule has 3 rings (SSSR count). The molecule has 0 spiro atoms. The lowest BCUT2D eigenvalue weighted by Gasteiger charge is -2.33. The van der Waals surface area contributed by atoms with Gasteiger partial charge in [0.15, 0.2) is 0 Å². The molecule has 8 heteroatoms. The predicted molar refractivity (Wildman–Crippen MR) is 109 cm³/mol. The van der Waals surface area contributed by atoms with E-state index in [9.17, 15) is 9.59 Å². The number of hydrogen-bond acceptors (Lipinski definition) is 6. The van der Waals surface area contributed by atoms with Crippen molar-refractivity contribution < 1.29 is 19.1 Å². The van der Waals surface area contributed by atoms with Crippen molar-refractivity contribution in [2.45, 2.75) is 12.5 Å². The van der Waals surface area contributed by atoms with Gasteiger partial charge in [0.1, 0.15) is 0 Å². The topological polar surface area (TPSA) is 83.1 Å². The number of hydrogen-bond donors (Lipinski definition) is 2. The molecule has 2 amide bonds. The molecule has 0 bridgehead atoms. The highest BCUT2D eigenvalue weighted by Gasteiger charge is 2.21. The Hall–Kier alpha value is -2.00. The number of carbonyl (C=O) groups excluding carboxylic acids is 2. The summed E-state index contributed by atoms with van der Waals surface area (Å²) < 4.78 is 11.2. The normalized spacial score (nSPS) is 20.9.